The van der Waals surface area contributed by atoms with E-state index in [-0.39, 0.29) is 5.91 Å². The molecule has 122 valence electrons. The maximum Gasteiger partial charge on any atom is 0.222 e. The molecule has 0 radical (unpaired) electrons. The minimum Gasteiger partial charge on any atom is -0.369 e. The van der Waals surface area contributed by atoms with E-state index in [0.717, 1.165) is 49.2 Å². The summed E-state index contributed by atoms with van der Waals surface area (Å²) in [5, 5.41) is 4.35. The van der Waals surface area contributed by atoms with Crippen molar-refractivity contribution < 1.29 is 4.79 Å². The Morgan fingerprint density at radius 1 is 1.35 bits per heavy atom. The molecule has 1 unspecified atom stereocenters. The van der Waals surface area contributed by atoms with Crippen LogP contribution in [0.15, 0.2) is 30.6 Å². The summed E-state index contributed by atoms with van der Waals surface area (Å²) >= 11 is 0. The highest BCUT2D eigenvalue weighted by molar-refractivity contribution is 5.88. The van der Waals surface area contributed by atoms with Crippen LogP contribution in [0.5, 0.6) is 0 Å². The molecule has 1 aliphatic heterocycles. The fourth-order valence-electron chi connectivity index (χ4n) is 3.17. The molecule has 5 heteroatoms. The standard InChI is InChI=1S/C18H24N4O/c1-14-6-5-11-22(12-14)17(23)9-4-10-19-18-15-7-2-3-8-16(15)20-13-21-18/h2-3,7-8,13-14H,4-6,9-12H2,1H3,(H,19,20,21). The van der Waals surface area contributed by atoms with Crippen molar-refractivity contribution in [1.29, 1.82) is 0 Å². The fourth-order valence-corrected chi connectivity index (χ4v) is 3.17. The van der Waals surface area contributed by atoms with Crippen LogP contribution in [0.1, 0.15) is 32.6 Å². The summed E-state index contributed by atoms with van der Waals surface area (Å²) in [4.78, 5) is 22.8. The topological polar surface area (TPSA) is 58.1 Å². The molecule has 1 saturated heterocycles. The van der Waals surface area contributed by atoms with E-state index < -0.39 is 0 Å². The Hall–Kier alpha value is -2.17. The number of piperidine rings is 1. The lowest BCUT2D eigenvalue weighted by atomic mass is 10.00. The summed E-state index contributed by atoms with van der Waals surface area (Å²) in [7, 11) is 0. The number of hydrogen-bond donors (Lipinski definition) is 1. The zero-order valence-corrected chi connectivity index (χ0v) is 13.7. The highest BCUT2D eigenvalue weighted by atomic mass is 16.2. The van der Waals surface area contributed by atoms with Gasteiger partial charge in [-0.15, -0.1) is 0 Å². The highest BCUT2D eigenvalue weighted by Crippen LogP contribution is 2.19. The summed E-state index contributed by atoms with van der Waals surface area (Å²) in [6, 6.07) is 7.94. The number of fused-ring (bicyclic) bond motifs is 1. The van der Waals surface area contributed by atoms with Crippen LogP contribution in [0.2, 0.25) is 0 Å². The van der Waals surface area contributed by atoms with Gasteiger partial charge >= 0.3 is 0 Å². The summed E-state index contributed by atoms with van der Waals surface area (Å²) in [5.74, 6) is 1.76. The number of nitrogens with one attached hydrogen (secondary N) is 1. The number of likely N-dealkylation sites (tertiary alicyclic amines) is 1. The summed E-state index contributed by atoms with van der Waals surface area (Å²) in [5.41, 5.74) is 0.934. The molecule has 0 spiro atoms. The molecule has 1 amide bonds. The van der Waals surface area contributed by atoms with Gasteiger partial charge in [0.25, 0.3) is 0 Å². The summed E-state index contributed by atoms with van der Waals surface area (Å²) < 4.78 is 0. The molecule has 2 aromatic rings. The molecule has 1 aromatic heterocycles. The van der Waals surface area contributed by atoms with Gasteiger partial charge < -0.3 is 10.2 Å². The summed E-state index contributed by atoms with van der Waals surface area (Å²) in [6.07, 6.45) is 5.37. The van der Waals surface area contributed by atoms with E-state index in [1.54, 1.807) is 6.33 Å². The average molecular weight is 312 g/mol. The van der Waals surface area contributed by atoms with Crippen LogP contribution in [-0.4, -0.2) is 40.4 Å². The predicted octanol–water partition coefficient (Wildman–Crippen LogP) is 3.08. The lowest BCUT2D eigenvalue weighted by molar-refractivity contribution is -0.132. The van der Waals surface area contributed by atoms with Crippen molar-refractivity contribution in [1.82, 2.24) is 14.9 Å². The maximum absolute atomic E-state index is 12.2. The second kappa shape index (κ2) is 7.40. The monoisotopic (exact) mass is 312 g/mol. The molecule has 1 fully saturated rings. The van der Waals surface area contributed by atoms with Gasteiger partial charge in [0.05, 0.1) is 5.52 Å². The number of para-hydroxylation sites is 1. The SMILES string of the molecule is CC1CCCN(C(=O)CCCNc2ncnc3ccccc23)C1. The molecule has 1 aromatic carbocycles. The predicted molar refractivity (Wildman–Crippen MR) is 92.2 cm³/mol. The van der Waals surface area contributed by atoms with Gasteiger partial charge in [-0.05, 0) is 37.3 Å². The zero-order valence-electron chi connectivity index (χ0n) is 13.7. The van der Waals surface area contributed by atoms with Gasteiger partial charge in [-0.1, -0.05) is 19.1 Å². The molecule has 0 saturated carbocycles. The van der Waals surface area contributed by atoms with Crippen LogP contribution in [0.3, 0.4) is 0 Å². The van der Waals surface area contributed by atoms with E-state index in [1.807, 2.05) is 29.2 Å². The molecule has 0 aliphatic carbocycles. The van der Waals surface area contributed by atoms with Crippen LogP contribution in [0, 0.1) is 5.92 Å². The number of benzene rings is 1. The van der Waals surface area contributed by atoms with Crippen molar-refractivity contribution in [3.05, 3.63) is 30.6 Å². The van der Waals surface area contributed by atoms with Gasteiger partial charge in [-0.3, -0.25) is 4.79 Å². The molecule has 1 aliphatic rings. The van der Waals surface area contributed by atoms with Gasteiger partial charge in [0.15, 0.2) is 0 Å². The number of hydrogen-bond acceptors (Lipinski definition) is 4. The first-order valence-corrected chi connectivity index (χ1v) is 8.45. The number of carbonyl (C=O) groups excluding carboxylic acids is 1. The minimum absolute atomic E-state index is 0.283. The Morgan fingerprint density at radius 3 is 3.09 bits per heavy atom. The van der Waals surface area contributed by atoms with E-state index in [2.05, 4.69) is 22.2 Å². The molecular formula is C18H24N4O. The first-order valence-electron chi connectivity index (χ1n) is 8.45. The van der Waals surface area contributed by atoms with Gasteiger partial charge in [0.1, 0.15) is 12.1 Å². The first kappa shape index (κ1) is 15.7. The molecule has 0 bridgehead atoms. The third kappa shape index (κ3) is 3.97. The molecule has 23 heavy (non-hydrogen) atoms. The van der Waals surface area contributed by atoms with E-state index in [0.29, 0.717) is 12.3 Å². The van der Waals surface area contributed by atoms with Crippen molar-refractivity contribution in [2.45, 2.75) is 32.6 Å². The Kier molecular flexibility index (Phi) is 5.05. The third-order valence-electron chi connectivity index (χ3n) is 4.41. The van der Waals surface area contributed by atoms with Crippen LogP contribution < -0.4 is 5.32 Å². The molecular weight excluding hydrogens is 288 g/mol. The van der Waals surface area contributed by atoms with Crippen molar-refractivity contribution in [3.63, 3.8) is 0 Å². The van der Waals surface area contributed by atoms with Crippen molar-refractivity contribution >= 4 is 22.6 Å². The van der Waals surface area contributed by atoms with Crippen LogP contribution >= 0.6 is 0 Å². The fraction of sp³-hybridized carbons (Fsp3) is 0.500. The molecule has 2 heterocycles. The van der Waals surface area contributed by atoms with Gasteiger partial charge in [-0.25, -0.2) is 9.97 Å². The Morgan fingerprint density at radius 2 is 2.22 bits per heavy atom. The van der Waals surface area contributed by atoms with E-state index >= 15 is 0 Å². The van der Waals surface area contributed by atoms with E-state index in [9.17, 15) is 4.79 Å². The molecule has 5 nitrogen and oxygen atoms in total. The lowest BCUT2D eigenvalue weighted by Gasteiger charge is -2.31. The Labute approximate surface area is 137 Å². The smallest absolute Gasteiger partial charge is 0.222 e. The number of amides is 1. The second-order valence-electron chi connectivity index (χ2n) is 6.36. The third-order valence-corrected chi connectivity index (χ3v) is 4.41. The summed E-state index contributed by atoms with van der Waals surface area (Å²) in [6.45, 7) is 4.81. The molecule has 1 atom stereocenters. The van der Waals surface area contributed by atoms with Gasteiger partial charge in [-0.2, -0.15) is 0 Å². The van der Waals surface area contributed by atoms with Gasteiger partial charge in [0.2, 0.25) is 5.91 Å². The number of anilines is 1. The highest BCUT2D eigenvalue weighted by Gasteiger charge is 2.20. The Bertz CT molecular complexity index is 668. The first-order chi connectivity index (χ1) is 11.2. The second-order valence-corrected chi connectivity index (χ2v) is 6.36. The number of carbonyl (C=O) groups is 1. The van der Waals surface area contributed by atoms with Crippen LogP contribution in [-0.2, 0) is 4.79 Å². The number of nitrogens with zero attached hydrogens (tertiary/aromatic N) is 3. The Balaban J connectivity index is 1.48. The van der Waals surface area contributed by atoms with Gasteiger partial charge in [0, 0.05) is 31.4 Å². The molecule has 3 rings (SSSR count). The van der Waals surface area contributed by atoms with E-state index in [1.165, 1.54) is 6.42 Å². The largest absolute Gasteiger partial charge is 0.369 e. The van der Waals surface area contributed by atoms with Crippen molar-refractivity contribution in [2.75, 3.05) is 25.0 Å². The minimum atomic E-state index is 0.283. The van der Waals surface area contributed by atoms with Crippen LogP contribution in [0.25, 0.3) is 10.9 Å². The average Bonchev–Trinajstić information content (AvgIpc) is 2.58. The molecule has 1 N–H and O–H groups in total. The normalized spacial score (nSPS) is 18.1. The number of rotatable bonds is 5. The quantitative estimate of drug-likeness (QED) is 0.862. The lowest BCUT2D eigenvalue weighted by Crippen LogP contribution is -2.39. The van der Waals surface area contributed by atoms with Crippen LogP contribution in [0.4, 0.5) is 5.82 Å². The van der Waals surface area contributed by atoms with Crippen molar-refractivity contribution in [3.8, 4) is 0 Å². The zero-order chi connectivity index (χ0) is 16.1. The van der Waals surface area contributed by atoms with Crippen molar-refractivity contribution in [2.24, 2.45) is 5.92 Å². The van der Waals surface area contributed by atoms with E-state index in [4.69, 9.17) is 0 Å². The maximum atomic E-state index is 12.2. The number of aromatic nitrogens is 2.